The molecule has 0 saturated heterocycles. The van der Waals surface area contributed by atoms with Crippen LogP contribution in [0.4, 0.5) is 0 Å². The Kier molecular flexibility index (Phi) is 4.09. The lowest BCUT2D eigenvalue weighted by Crippen LogP contribution is -1.90. The Labute approximate surface area is 86.1 Å². The van der Waals surface area contributed by atoms with Crippen LogP contribution < -0.4 is 0 Å². The zero-order valence-electron chi connectivity index (χ0n) is 7.30. The third-order valence-corrected chi connectivity index (χ3v) is 3.05. The highest BCUT2D eigenvalue weighted by atomic mass is 79.9. The molecule has 0 aliphatic rings. The van der Waals surface area contributed by atoms with Gasteiger partial charge in [0.15, 0.2) is 0 Å². The average Bonchev–Trinajstić information content (AvgIpc) is 2.09. The second kappa shape index (κ2) is 4.87. The maximum Gasteiger partial charge on any atom is 0.0963 e. The first kappa shape index (κ1) is 10.1. The van der Waals surface area contributed by atoms with E-state index in [0.29, 0.717) is 0 Å². The van der Waals surface area contributed by atoms with E-state index in [9.17, 15) is 0 Å². The summed E-state index contributed by atoms with van der Waals surface area (Å²) in [5.74, 6) is 1.08. The number of nitrogens with zero attached hydrogens (tertiary/aromatic N) is 1. The fourth-order valence-corrected chi connectivity index (χ4v) is 2.08. The number of halogens is 1. The van der Waals surface area contributed by atoms with Crippen molar-refractivity contribution >= 4 is 27.7 Å². The van der Waals surface area contributed by atoms with E-state index in [1.165, 1.54) is 0 Å². The quantitative estimate of drug-likeness (QED) is 0.757. The standard InChI is InChI=1S/C9H12BrNS/c1-3-8-7(10)5-6-9(11-8)12-4-2/h5-6H,3-4H2,1-2H3. The van der Waals surface area contributed by atoms with Crippen LogP contribution in [-0.4, -0.2) is 10.7 Å². The number of aryl methyl sites for hydroxylation is 1. The molecule has 0 spiro atoms. The molecule has 0 radical (unpaired) electrons. The van der Waals surface area contributed by atoms with Crippen LogP contribution >= 0.6 is 27.7 Å². The van der Waals surface area contributed by atoms with Crippen LogP contribution in [0.2, 0.25) is 0 Å². The number of pyridine rings is 1. The van der Waals surface area contributed by atoms with Crippen LogP contribution in [0, 0.1) is 0 Å². The monoisotopic (exact) mass is 245 g/mol. The summed E-state index contributed by atoms with van der Waals surface area (Å²) in [4.78, 5) is 4.50. The van der Waals surface area contributed by atoms with E-state index in [2.05, 4.69) is 46.9 Å². The van der Waals surface area contributed by atoms with Gasteiger partial charge in [0.05, 0.1) is 10.7 Å². The van der Waals surface area contributed by atoms with Crippen molar-refractivity contribution in [1.29, 1.82) is 0 Å². The lowest BCUT2D eigenvalue weighted by molar-refractivity contribution is 0.960. The fourth-order valence-electron chi connectivity index (χ4n) is 0.941. The van der Waals surface area contributed by atoms with Gasteiger partial charge in [-0.3, -0.25) is 0 Å². The van der Waals surface area contributed by atoms with Gasteiger partial charge in [-0.15, -0.1) is 11.8 Å². The highest BCUT2D eigenvalue weighted by Crippen LogP contribution is 2.21. The van der Waals surface area contributed by atoms with Gasteiger partial charge in [-0.25, -0.2) is 4.98 Å². The van der Waals surface area contributed by atoms with E-state index in [4.69, 9.17) is 0 Å². The molecule has 0 atom stereocenters. The molecule has 0 aliphatic carbocycles. The summed E-state index contributed by atoms with van der Waals surface area (Å²) in [5, 5.41) is 1.12. The molecule has 0 saturated carbocycles. The van der Waals surface area contributed by atoms with Crippen molar-refractivity contribution in [3.8, 4) is 0 Å². The molecule has 1 heterocycles. The minimum atomic E-state index is 0.985. The van der Waals surface area contributed by atoms with Gasteiger partial charge in [0.25, 0.3) is 0 Å². The molecule has 3 heteroatoms. The van der Waals surface area contributed by atoms with E-state index in [-0.39, 0.29) is 0 Å². The molecule has 12 heavy (non-hydrogen) atoms. The van der Waals surface area contributed by atoms with Gasteiger partial charge in [0.2, 0.25) is 0 Å². The largest absolute Gasteiger partial charge is 0.245 e. The Morgan fingerprint density at radius 1 is 1.42 bits per heavy atom. The van der Waals surface area contributed by atoms with E-state index in [1.807, 2.05) is 0 Å². The van der Waals surface area contributed by atoms with Crippen LogP contribution in [0.15, 0.2) is 21.6 Å². The Balaban J connectivity index is 2.89. The molecule has 1 aromatic rings. The lowest BCUT2D eigenvalue weighted by Gasteiger charge is -2.02. The van der Waals surface area contributed by atoms with Crippen molar-refractivity contribution < 1.29 is 0 Å². The summed E-state index contributed by atoms with van der Waals surface area (Å²) in [6, 6.07) is 4.13. The second-order valence-electron chi connectivity index (χ2n) is 2.36. The molecule has 0 unspecified atom stereocenters. The maximum absolute atomic E-state index is 4.50. The third-order valence-electron chi connectivity index (χ3n) is 1.52. The normalized spacial score (nSPS) is 10.2. The van der Waals surface area contributed by atoms with E-state index in [1.54, 1.807) is 11.8 Å². The molecule has 0 aliphatic heterocycles. The van der Waals surface area contributed by atoms with E-state index in [0.717, 1.165) is 27.4 Å². The molecule has 0 bridgehead atoms. The number of hydrogen-bond acceptors (Lipinski definition) is 2. The average molecular weight is 246 g/mol. The Bertz CT molecular complexity index is 263. The second-order valence-corrected chi connectivity index (χ2v) is 4.50. The van der Waals surface area contributed by atoms with Crippen molar-refractivity contribution in [1.82, 2.24) is 4.98 Å². The first-order chi connectivity index (χ1) is 5.77. The first-order valence-corrected chi connectivity index (χ1v) is 5.84. The Morgan fingerprint density at radius 3 is 2.75 bits per heavy atom. The van der Waals surface area contributed by atoms with Crippen LogP contribution in [0.5, 0.6) is 0 Å². The smallest absolute Gasteiger partial charge is 0.0963 e. The van der Waals surface area contributed by atoms with Crippen molar-refractivity contribution in [3.63, 3.8) is 0 Å². The summed E-state index contributed by atoms with van der Waals surface area (Å²) in [6.07, 6.45) is 0.985. The van der Waals surface area contributed by atoms with E-state index < -0.39 is 0 Å². The number of thioether (sulfide) groups is 1. The summed E-state index contributed by atoms with van der Waals surface area (Å²) in [5.41, 5.74) is 1.15. The molecule has 1 nitrogen and oxygen atoms in total. The summed E-state index contributed by atoms with van der Waals surface area (Å²) in [6.45, 7) is 4.26. The molecular weight excluding hydrogens is 234 g/mol. The number of rotatable bonds is 3. The van der Waals surface area contributed by atoms with Crippen LogP contribution in [-0.2, 0) is 6.42 Å². The minimum Gasteiger partial charge on any atom is -0.245 e. The molecule has 0 amide bonds. The molecule has 0 N–H and O–H groups in total. The van der Waals surface area contributed by atoms with Gasteiger partial charge >= 0.3 is 0 Å². The number of hydrogen-bond donors (Lipinski definition) is 0. The van der Waals surface area contributed by atoms with Crippen LogP contribution in [0.3, 0.4) is 0 Å². The number of aromatic nitrogens is 1. The SMILES string of the molecule is CCSc1ccc(Br)c(CC)n1. The van der Waals surface area contributed by atoms with Gasteiger partial charge in [-0.05, 0) is 40.2 Å². The van der Waals surface area contributed by atoms with Crippen molar-refractivity contribution in [2.45, 2.75) is 25.3 Å². The Hall–Kier alpha value is -0.0200. The Morgan fingerprint density at radius 2 is 2.17 bits per heavy atom. The molecule has 66 valence electrons. The van der Waals surface area contributed by atoms with Crippen molar-refractivity contribution in [2.24, 2.45) is 0 Å². The maximum atomic E-state index is 4.50. The molecule has 0 fully saturated rings. The van der Waals surface area contributed by atoms with Gasteiger partial charge < -0.3 is 0 Å². The highest BCUT2D eigenvalue weighted by Gasteiger charge is 2.00. The van der Waals surface area contributed by atoms with Gasteiger partial charge in [0.1, 0.15) is 0 Å². The summed E-state index contributed by atoms with van der Waals surface area (Å²) < 4.78 is 1.12. The minimum absolute atomic E-state index is 0.985. The molecule has 0 aromatic carbocycles. The van der Waals surface area contributed by atoms with Gasteiger partial charge in [0, 0.05) is 4.47 Å². The third kappa shape index (κ3) is 2.49. The van der Waals surface area contributed by atoms with Gasteiger partial charge in [-0.2, -0.15) is 0 Å². The fraction of sp³-hybridized carbons (Fsp3) is 0.444. The topological polar surface area (TPSA) is 12.9 Å². The highest BCUT2D eigenvalue weighted by molar-refractivity contribution is 9.10. The first-order valence-electron chi connectivity index (χ1n) is 4.06. The van der Waals surface area contributed by atoms with Crippen molar-refractivity contribution in [2.75, 3.05) is 5.75 Å². The van der Waals surface area contributed by atoms with Gasteiger partial charge in [-0.1, -0.05) is 13.8 Å². The van der Waals surface area contributed by atoms with Crippen LogP contribution in [0.1, 0.15) is 19.5 Å². The molecular formula is C9H12BrNS. The molecule has 1 aromatic heterocycles. The predicted octanol–water partition coefficient (Wildman–Crippen LogP) is 3.52. The van der Waals surface area contributed by atoms with Crippen molar-refractivity contribution in [3.05, 3.63) is 22.3 Å². The molecule has 1 rings (SSSR count). The zero-order chi connectivity index (χ0) is 8.97. The van der Waals surface area contributed by atoms with E-state index >= 15 is 0 Å². The lowest BCUT2D eigenvalue weighted by atomic mass is 10.3. The summed E-state index contributed by atoms with van der Waals surface area (Å²) in [7, 11) is 0. The summed E-state index contributed by atoms with van der Waals surface area (Å²) >= 11 is 5.25. The zero-order valence-corrected chi connectivity index (χ0v) is 9.70. The predicted molar refractivity (Wildman–Crippen MR) is 57.7 cm³/mol. The van der Waals surface area contributed by atoms with Crippen LogP contribution in [0.25, 0.3) is 0 Å².